The van der Waals surface area contributed by atoms with Gasteiger partial charge in [-0.05, 0) is 24.3 Å². The molecular formula is C18H18N2O7. The highest BCUT2D eigenvalue weighted by Gasteiger charge is 2.22. The number of carbonyl (C=O) groups is 3. The number of aromatic nitrogens is 1. The number of methoxy groups -OCH3 is 1. The third-order valence-corrected chi connectivity index (χ3v) is 3.83. The van der Waals surface area contributed by atoms with Gasteiger partial charge in [0.05, 0.1) is 12.7 Å². The maximum absolute atomic E-state index is 12.2. The van der Waals surface area contributed by atoms with Gasteiger partial charge >= 0.3 is 5.97 Å². The third kappa shape index (κ3) is 4.02. The molecule has 142 valence electrons. The lowest BCUT2D eigenvalue weighted by molar-refractivity contribution is -0.123. The van der Waals surface area contributed by atoms with Crippen LogP contribution in [0, 0.1) is 0 Å². The Hall–Kier alpha value is -3.49. The molecule has 1 aliphatic heterocycles. The molecule has 9 heteroatoms. The van der Waals surface area contributed by atoms with Crippen LogP contribution in [0.3, 0.4) is 0 Å². The van der Waals surface area contributed by atoms with Crippen molar-refractivity contribution in [1.82, 2.24) is 9.88 Å². The Morgan fingerprint density at radius 1 is 1.22 bits per heavy atom. The summed E-state index contributed by atoms with van der Waals surface area (Å²) in [4.78, 5) is 36.0. The van der Waals surface area contributed by atoms with Crippen molar-refractivity contribution in [1.29, 1.82) is 0 Å². The predicted molar refractivity (Wildman–Crippen MR) is 92.2 cm³/mol. The number of imide groups is 1. The third-order valence-electron chi connectivity index (χ3n) is 3.83. The predicted octanol–water partition coefficient (Wildman–Crippen LogP) is 0.918. The van der Waals surface area contributed by atoms with Crippen molar-refractivity contribution in [2.45, 2.75) is 0 Å². The fourth-order valence-electron chi connectivity index (χ4n) is 2.53. The van der Waals surface area contributed by atoms with Gasteiger partial charge in [-0.2, -0.15) is 0 Å². The number of nitrogens with zero attached hydrogens (tertiary/aromatic N) is 1. The van der Waals surface area contributed by atoms with E-state index in [1.807, 2.05) is 0 Å². The minimum atomic E-state index is -0.758. The summed E-state index contributed by atoms with van der Waals surface area (Å²) in [7, 11) is 3.11. The van der Waals surface area contributed by atoms with Crippen LogP contribution in [0.1, 0.15) is 20.8 Å². The van der Waals surface area contributed by atoms with Gasteiger partial charge < -0.3 is 23.5 Å². The van der Waals surface area contributed by atoms with Crippen LogP contribution in [0.25, 0.3) is 0 Å². The number of nitrogens with one attached hydrogen (secondary N) is 1. The SMILES string of the molecule is COc1cc(C(=O)OCC(=O)NC(=O)c2cccn2C)cc2c1OCCO2. The zero-order chi connectivity index (χ0) is 19.4. The number of fused-ring (bicyclic) bond motifs is 1. The van der Waals surface area contributed by atoms with E-state index in [1.165, 1.54) is 19.2 Å². The average molecular weight is 374 g/mol. The molecule has 27 heavy (non-hydrogen) atoms. The minimum absolute atomic E-state index is 0.137. The van der Waals surface area contributed by atoms with Crippen molar-refractivity contribution in [3.8, 4) is 17.2 Å². The number of benzene rings is 1. The standard InChI is InChI=1S/C18H18N2O7/c1-20-5-3-4-12(20)17(22)19-15(21)10-27-18(23)11-8-13(24-2)16-14(9-11)25-6-7-26-16/h3-5,8-9H,6-7,10H2,1-2H3,(H,19,21,22). The Kier molecular flexibility index (Phi) is 5.30. The average Bonchev–Trinajstić information content (AvgIpc) is 3.11. The molecule has 3 rings (SSSR count). The molecule has 2 aromatic rings. The second-order valence-electron chi connectivity index (χ2n) is 5.66. The number of rotatable bonds is 5. The molecule has 0 saturated heterocycles. The van der Waals surface area contributed by atoms with Gasteiger partial charge in [-0.15, -0.1) is 0 Å². The van der Waals surface area contributed by atoms with Crippen LogP contribution in [0.4, 0.5) is 0 Å². The summed E-state index contributed by atoms with van der Waals surface area (Å²) in [6.07, 6.45) is 1.68. The maximum atomic E-state index is 12.2. The number of esters is 1. The van der Waals surface area contributed by atoms with Gasteiger partial charge in [0.1, 0.15) is 18.9 Å². The van der Waals surface area contributed by atoms with Crippen molar-refractivity contribution < 1.29 is 33.3 Å². The Balaban J connectivity index is 1.61. The molecule has 1 aliphatic rings. The van der Waals surface area contributed by atoms with Gasteiger partial charge in [-0.25, -0.2) is 4.79 Å². The number of hydrogen-bond acceptors (Lipinski definition) is 7. The smallest absolute Gasteiger partial charge is 0.338 e. The molecular weight excluding hydrogens is 356 g/mol. The Morgan fingerprint density at radius 2 is 2.00 bits per heavy atom. The van der Waals surface area contributed by atoms with E-state index in [0.29, 0.717) is 36.2 Å². The molecule has 0 spiro atoms. The van der Waals surface area contributed by atoms with Gasteiger partial charge in [0.2, 0.25) is 5.75 Å². The van der Waals surface area contributed by atoms with Crippen molar-refractivity contribution in [2.24, 2.45) is 7.05 Å². The van der Waals surface area contributed by atoms with Crippen LogP contribution in [0.2, 0.25) is 0 Å². The second kappa shape index (κ2) is 7.81. The zero-order valence-electron chi connectivity index (χ0n) is 14.8. The van der Waals surface area contributed by atoms with E-state index in [2.05, 4.69) is 5.32 Å². The molecule has 2 heterocycles. The molecule has 2 amide bonds. The lowest BCUT2D eigenvalue weighted by Gasteiger charge is -2.21. The van der Waals surface area contributed by atoms with Crippen LogP contribution in [-0.4, -0.2) is 49.3 Å². The van der Waals surface area contributed by atoms with E-state index in [0.717, 1.165) is 0 Å². The van der Waals surface area contributed by atoms with E-state index in [1.54, 1.807) is 29.9 Å². The van der Waals surface area contributed by atoms with Crippen molar-refractivity contribution >= 4 is 17.8 Å². The molecule has 0 fully saturated rings. The lowest BCUT2D eigenvalue weighted by Crippen LogP contribution is -2.35. The number of hydrogen-bond donors (Lipinski definition) is 1. The molecule has 9 nitrogen and oxygen atoms in total. The van der Waals surface area contributed by atoms with Crippen molar-refractivity contribution in [3.05, 3.63) is 41.7 Å². The molecule has 0 unspecified atom stereocenters. The van der Waals surface area contributed by atoms with E-state index >= 15 is 0 Å². The Bertz CT molecular complexity index is 871. The van der Waals surface area contributed by atoms with Gasteiger partial charge in [0.25, 0.3) is 11.8 Å². The summed E-state index contributed by atoms with van der Waals surface area (Å²) in [6.45, 7) is 0.118. The second-order valence-corrected chi connectivity index (χ2v) is 5.66. The van der Waals surface area contributed by atoms with Crippen molar-refractivity contribution in [3.63, 3.8) is 0 Å². The summed E-state index contributed by atoms with van der Waals surface area (Å²) in [5.74, 6) is -0.986. The van der Waals surface area contributed by atoms with Crippen LogP contribution in [0.15, 0.2) is 30.5 Å². The Labute approximate surface area is 154 Å². The van der Waals surface area contributed by atoms with Crippen LogP contribution < -0.4 is 19.5 Å². The number of aryl methyl sites for hydroxylation is 1. The first-order valence-corrected chi connectivity index (χ1v) is 8.10. The van der Waals surface area contributed by atoms with Crippen LogP contribution in [-0.2, 0) is 16.6 Å². The van der Waals surface area contributed by atoms with E-state index < -0.39 is 24.4 Å². The zero-order valence-corrected chi connectivity index (χ0v) is 14.8. The number of amides is 2. The van der Waals surface area contributed by atoms with Gasteiger partial charge in [-0.3, -0.25) is 14.9 Å². The highest BCUT2D eigenvalue weighted by atomic mass is 16.6. The number of ether oxygens (including phenoxy) is 4. The first kappa shape index (κ1) is 18.3. The van der Waals surface area contributed by atoms with Crippen molar-refractivity contribution in [2.75, 3.05) is 26.9 Å². The summed E-state index contributed by atoms with van der Waals surface area (Å²) in [5, 5.41) is 2.16. The molecule has 1 aromatic heterocycles. The fourth-order valence-corrected chi connectivity index (χ4v) is 2.53. The first-order valence-electron chi connectivity index (χ1n) is 8.10. The lowest BCUT2D eigenvalue weighted by atomic mass is 10.1. The summed E-state index contributed by atoms with van der Waals surface area (Å²) in [5.41, 5.74) is 0.448. The van der Waals surface area contributed by atoms with Gasteiger partial charge in [-0.1, -0.05) is 0 Å². The minimum Gasteiger partial charge on any atom is -0.493 e. The number of carbonyl (C=O) groups excluding carboxylic acids is 3. The molecule has 0 saturated carbocycles. The summed E-state index contributed by atoms with van der Waals surface area (Å²) in [6, 6.07) is 6.13. The highest BCUT2D eigenvalue weighted by Crippen LogP contribution is 2.40. The Morgan fingerprint density at radius 3 is 2.70 bits per heavy atom. The molecule has 1 aromatic carbocycles. The summed E-state index contributed by atoms with van der Waals surface area (Å²) >= 11 is 0. The summed E-state index contributed by atoms with van der Waals surface area (Å²) < 4.78 is 22.6. The molecule has 0 radical (unpaired) electrons. The largest absolute Gasteiger partial charge is 0.493 e. The fraction of sp³-hybridized carbons (Fsp3) is 0.278. The van der Waals surface area contributed by atoms with Crippen LogP contribution in [0.5, 0.6) is 17.2 Å². The van der Waals surface area contributed by atoms with E-state index in [9.17, 15) is 14.4 Å². The quantitative estimate of drug-likeness (QED) is 0.776. The van der Waals surface area contributed by atoms with E-state index in [4.69, 9.17) is 18.9 Å². The maximum Gasteiger partial charge on any atom is 0.338 e. The molecule has 0 bridgehead atoms. The first-order chi connectivity index (χ1) is 13.0. The molecule has 1 N–H and O–H groups in total. The molecule has 0 aliphatic carbocycles. The molecule has 0 atom stereocenters. The normalized spacial score (nSPS) is 12.2. The van der Waals surface area contributed by atoms with Gasteiger partial charge in [0, 0.05) is 13.2 Å². The highest BCUT2D eigenvalue weighted by molar-refractivity contribution is 6.04. The van der Waals surface area contributed by atoms with Crippen LogP contribution >= 0.6 is 0 Å². The topological polar surface area (TPSA) is 105 Å². The van der Waals surface area contributed by atoms with E-state index in [-0.39, 0.29) is 5.56 Å². The monoisotopic (exact) mass is 374 g/mol. The van der Waals surface area contributed by atoms with Gasteiger partial charge in [0.15, 0.2) is 18.1 Å².